The van der Waals surface area contributed by atoms with Crippen molar-refractivity contribution in [2.24, 2.45) is 17.6 Å². The number of nitrogens with two attached hydrogens (primary N) is 1. The molecule has 0 bridgehead atoms. The highest BCUT2D eigenvalue weighted by Crippen LogP contribution is 2.19. The minimum Gasteiger partial charge on any atom is -0.480 e. The molecule has 4 unspecified atom stereocenters. The quantitative estimate of drug-likeness (QED) is 0.156. The normalized spacial score (nSPS) is 14.5. The van der Waals surface area contributed by atoms with Crippen LogP contribution < -0.4 is 21.7 Å². The van der Waals surface area contributed by atoms with E-state index in [-0.39, 0.29) is 24.7 Å². The van der Waals surface area contributed by atoms with E-state index in [0.717, 1.165) is 16.5 Å². The number of imidazole rings is 1. The number of hydrogen-bond donors (Lipinski definition) is 7. The maximum Gasteiger partial charge on any atom is 0.326 e. The van der Waals surface area contributed by atoms with E-state index < -0.39 is 47.9 Å². The Morgan fingerprint density at radius 2 is 1.55 bits per heavy atom. The van der Waals surface area contributed by atoms with E-state index in [1.807, 2.05) is 52.0 Å². The molecule has 3 amide bonds. The topological polar surface area (TPSA) is 195 Å². The summed E-state index contributed by atoms with van der Waals surface area (Å²) < 4.78 is 0. The largest absolute Gasteiger partial charge is 0.480 e. The van der Waals surface area contributed by atoms with Gasteiger partial charge >= 0.3 is 5.97 Å². The van der Waals surface area contributed by atoms with Crippen LogP contribution in [0.15, 0.2) is 43.0 Å². The fraction of sp³-hybridized carbons (Fsp3) is 0.464. The molecular weight excluding hydrogens is 514 g/mol. The van der Waals surface area contributed by atoms with Gasteiger partial charge in [-0.15, -0.1) is 0 Å². The lowest BCUT2D eigenvalue weighted by Crippen LogP contribution is -2.58. The first-order valence-electron chi connectivity index (χ1n) is 13.4. The number of amides is 3. The van der Waals surface area contributed by atoms with Gasteiger partial charge in [-0.25, -0.2) is 9.78 Å². The summed E-state index contributed by atoms with van der Waals surface area (Å²) in [5, 5.41) is 18.7. The van der Waals surface area contributed by atoms with Crippen LogP contribution in [0.25, 0.3) is 10.9 Å². The summed E-state index contributed by atoms with van der Waals surface area (Å²) in [6.07, 6.45) is 5.05. The molecule has 12 heteroatoms. The standard InChI is InChI=1S/C28H39N7O5/c1-15(2)9-21(34-27(38)24(29)16(3)4)25(36)33-22(10-17-12-31-20-8-6-5-7-19(17)20)26(37)35-23(28(39)40)11-18-13-30-14-32-18/h5-8,12-16,21-24,31H,9-11,29H2,1-4H3,(H,30,32)(H,33,36)(H,34,38)(H,35,37)(H,39,40). The van der Waals surface area contributed by atoms with Gasteiger partial charge in [0.15, 0.2) is 0 Å². The molecule has 0 spiro atoms. The van der Waals surface area contributed by atoms with Crippen molar-refractivity contribution in [3.05, 3.63) is 54.2 Å². The van der Waals surface area contributed by atoms with E-state index in [9.17, 15) is 24.3 Å². The molecule has 4 atom stereocenters. The Hall–Kier alpha value is -4.19. The molecule has 0 radical (unpaired) electrons. The third-order valence-corrected chi connectivity index (χ3v) is 6.69. The van der Waals surface area contributed by atoms with Crippen LogP contribution in [0, 0.1) is 11.8 Å². The monoisotopic (exact) mass is 553 g/mol. The van der Waals surface area contributed by atoms with E-state index in [4.69, 9.17) is 5.73 Å². The highest BCUT2D eigenvalue weighted by molar-refractivity contribution is 5.95. The number of carbonyl (C=O) groups is 4. The summed E-state index contributed by atoms with van der Waals surface area (Å²) in [7, 11) is 0. The Morgan fingerprint density at radius 1 is 0.900 bits per heavy atom. The number of rotatable bonds is 14. The molecular formula is C28H39N7O5. The first-order valence-corrected chi connectivity index (χ1v) is 13.4. The highest BCUT2D eigenvalue weighted by Gasteiger charge is 2.32. The maximum atomic E-state index is 13.5. The molecule has 1 aromatic carbocycles. The highest BCUT2D eigenvalue weighted by atomic mass is 16.4. The number of para-hydroxylation sites is 1. The lowest BCUT2D eigenvalue weighted by atomic mass is 9.99. The molecule has 216 valence electrons. The third-order valence-electron chi connectivity index (χ3n) is 6.69. The van der Waals surface area contributed by atoms with Gasteiger partial charge in [-0.1, -0.05) is 45.9 Å². The Balaban J connectivity index is 1.86. The number of benzene rings is 1. The van der Waals surface area contributed by atoms with Crippen LogP contribution >= 0.6 is 0 Å². The average Bonchev–Trinajstić information content (AvgIpc) is 3.56. The van der Waals surface area contributed by atoms with Crippen molar-refractivity contribution in [2.45, 2.75) is 71.1 Å². The first-order chi connectivity index (χ1) is 19.0. The van der Waals surface area contributed by atoms with Crippen LogP contribution in [0.4, 0.5) is 0 Å². The number of carbonyl (C=O) groups excluding carboxylic acids is 3. The van der Waals surface area contributed by atoms with Crippen LogP contribution in [0.5, 0.6) is 0 Å². The lowest BCUT2D eigenvalue weighted by Gasteiger charge is -2.26. The zero-order valence-electron chi connectivity index (χ0n) is 23.2. The molecule has 0 aliphatic rings. The SMILES string of the molecule is CC(C)CC(NC(=O)C(N)C(C)C)C(=O)NC(Cc1c[nH]c2ccccc12)C(=O)NC(Cc1cnc[nH]1)C(=O)O. The molecule has 3 rings (SSSR count). The fourth-order valence-electron chi connectivity index (χ4n) is 4.36. The summed E-state index contributed by atoms with van der Waals surface area (Å²) in [6, 6.07) is 3.41. The molecule has 3 aromatic rings. The van der Waals surface area contributed by atoms with E-state index in [1.54, 1.807) is 6.20 Å². The Morgan fingerprint density at radius 3 is 2.17 bits per heavy atom. The lowest BCUT2D eigenvalue weighted by molar-refractivity contribution is -0.142. The number of H-pyrrole nitrogens is 2. The van der Waals surface area contributed by atoms with Crippen LogP contribution in [0.2, 0.25) is 0 Å². The molecule has 8 N–H and O–H groups in total. The maximum absolute atomic E-state index is 13.5. The van der Waals surface area contributed by atoms with Crippen molar-refractivity contribution < 1.29 is 24.3 Å². The van der Waals surface area contributed by atoms with E-state index in [0.29, 0.717) is 12.1 Å². The first kappa shape index (κ1) is 30.4. The van der Waals surface area contributed by atoms with Crippen molar-refractivity contribution in [3.8, 4) is 0 Å². The van der Waals surface area contributed by atoms with Crippen LogP contribution in [-0.4, -0.2) is 67.9 Å². The van der Waals surface area contributed by atoms with E-state index >= 15 is 0 Å². The average molecular weight is 554 g/mol. The molecule has 0 saturated carbocycles. The summed E-state index contributed by atoms with van der Waals surface area (Å²) in [5.41, 5.74) is 8.16. The molecule has 12 nitrogen and oxygen atoms in total. The summed E-state index contributed by atoms with van der Waals surface area (Å²) in [5.74, 6) is -2.99. The molecule has 0 fully saturated rings. The minimum absolute atomic E-state index is 0.0199. The van der Waals surface area contributed by atoms with Gasteiger partial charge in [-0.2, -0.15) is 0 Å². The molecule has 2 aromatic heterocycles. The summed E-state index contributed by atoms with van der Waals surface area (Å²) >= 11 is 0. The second-order valence-corrected chi connectivity index (χ2v) is 10.8. The van der Waals surface area contributed by atoms with E-state index in [2.05, 4.69) is 30.9 Å². The molecule has 40 heavy (non-hydrogen) atoms. The zero-order chi connectivity index (χ0) is 29.4. The predicted molar refractivity (Wildman–Crippen MR) is 150 cm³/mol. The van der Waals surface area contributed by atoms with Crippen molar-refractivity contribution in [1.29, 1.82) is 0 Å². The number of nitrogens with one attached hydrogen (secondary N) is 5. The molecule has 0 aliphatic carbocycles. The Bertz CT molecular complexity index is 1300. The van der Waals surface area contributed by atoms with Crippen molar-refractivity contribution in [3.63, 3.8) is 0 Å². The van der Waals surface area contributed by atoms with Gasteiger partial charge in [0.1, 0.15) is 18.1 Å². The van der Waals surface area contributed by atoms with Gasteiger partial charge in [0.05, 0.1) is 12.4 Å². The molecule has 0 saturated heterocycles. The van der Waals surface area contributed by atoms with Crippen LogP contribution in [-0.2, 0) is 32.0 Å². The van der Waals surface area contributed by atoms with Crippen LogP contribution in [0.3, 0.4) is 0 Å². The number of fused-ring (bicyclic) bond motifs is 1. The number of carboxylic acids is 1. The van der Waals surface area contributed by atoms with Gasteiger partial charge < -0.3 is 36.8 Å². The smallest absolute Gasteiger partial charge is 0.326 e. The van der Waals surface area contributed by atoms with Crippen molar-refractivity contribution in [2.75, 3.05) is 0 Å². The second kappa shape index (κ2) is 13.7. The molecule has 2 heterocycles. The number of aromatic nitrogens is 3. The van der Waals surface area contributed by atoms with Gasteiger partial charge in [-0.05, 0) is 29.9 Å². The van der Waals surface area contributed by atoms with Crippen molar-refractivity contribution in [1.82, 2.24) is 30.9 Å². The third kappa shape index (κ3) is 8.15. The van der Waals surface area contributed by atoms with Gasteiger partial charge in [0.25, 0.3) is 0 Å². The number of aromatic amines is 2. The summed E-state index contributed by atoms with van der Waals surface area (Å²) in [4.78, 5) is 61.6. The van der Waals surface area contributed by atoms with Gasteiger partial charge in [0, 0.05) is 41.8 Å². The minimum atomic E-state index is -1.26. The van der Waals surface area contributed by atoms with E-state index in [1.165, 1.54) is 12.5 Å². The fourth-order valence-corrected chi connectivity index (χ4v) is 4.36. The van der Waals surface area contributed by atoms with Gasteiger partial charge in [0.2, 0.25) is 17.7 Å². The van der Waals surface area contributed by atoms with Crippen LogP contribution in [0.1, 0.15) is 45.4 Å². The Labute approximate surface area is 232 Å². The van der Waals surface area contributed by atoms with Crippen molar-refractivity contribution >= 4 is 34.6 Å². The second-order valence-electron chi connectivity index (χ2n) is 10.8. The number of hydrogen-bond acceptors (Lipinski definition) is 6. The summed E-state index contributed by atoms with van der Waals surface area (Å²) in [6.45, 7) is 7.45. The number of carboxylic acid groups (broad SMARTS) is 1. The zero-order valence-corrected chi connectivity index (χ0v) is 23.2. The number of nitrogens with zero attached hydrogens (tertiary/aromatic N) is 1. The Kier molecular flexibility index (Phi) is 10.4. The van der Waals surface area contributed by atoms with Gasteiger partial charge in [-0.3, -0.25) is 14.4 Å². The molecule has 0 aliphatic heterocycles. The number of aliphatic carboxylic acids is 1. The predicted octanol–water partition coefficient (Wildman–Crippen LogP) is 1.24.